The minimum Gasteiger partial charge on any atom is -0.490 e. The molecule has 0 spiro atoms. The molecule has 0 aromatic heterocycles. The number of rotatable bonds is 10. The standard InChI is InChI=1S/C26H27N3O8S/c1-2-36-21-13-17(7-8-20(21)37-16-24(31)32)14-22-25(33)29(26(34)38-22)15-23(30)27-18-5-3-4-6-19(18)28-9-11-35-12-10-28/h3-8,13-14H,2,9-12,15-16H2,1H3,(H,27,30)(H,31,32)/b22-14+. The minimum absolute atomic E-state index is 0.151. The van der Waals surface area contributed by atoms with Crippen LogP contribution in [0.5, 0.6) is 11.5 Å². The van der Waals surface area contributed by atoms with Crippen molar-refractivity contribution in [2.24, 2.45) is 0 Å². The number of carboxylic acids is 1. The Hall–Kier alpha value is -4.03. The predicted octanol–water partition coefficient (Wildman–Crippen LogP) is 3.06. The van der Waals surface area contributed by atoms with Crippen LogP contribution in [0.3, 0.4) is 0 Å². The number of benzene rings is 2. The van der Waals surface area contributed by atoms with E-state index in [1.54, 1.807) is 31.2 Å². The van der Waals surface area contributed by atoms with Crippen molar-refractivity contribution < 1.29 is 38.5 Å². The average Bonchev–Trinajstić information content (AvgIpc) is 3.16. The van der Waals surface area contributed by atoms with Crippen LogP contribution >= 0.6 is 11.8 Å². The number of aliphatic carboxylic acids is 1. The highest BCUT2D eigenvalue weighted by Gasteiger charge is 2.36. The lowest BCUT2D eigenvalue weighted by atomic mass is 10.2. The molecule has 2 N–H and O–H groups in total. The molecule has 0 radical (unpaired) electrons. The summed E-state index contributed by atoms with van der Waals surface area (Å²) in [7, 11) is 0. The van der Waals surface area contributed by atoms with Crippen LogP contribution in [0.1, 0.15) is 12.5 Å². The third-order valence-corrected chi connectivity index (χ3v) is 6.53. The van der Waals surface area contributed by atoms with Gasteiger partial charge in [-0.3, -0.25) is 19.3 Å². The van der Waals surface area contributed by atoms with Gasteiger partial charge in [-0.1, -0.05) is 18.2 Å². The van der Waals surface area contributed by atoms with E-state index in [0.29, 0.717) is 49.9 Å². The van der Waals surface area contributed by atoms with Gasteiger partial charge in [0.15, 0.2) is 18.1 Å². The van der Waals surface area contributed by atoms with Crippen molar-refractivity contribution in [3.63, 3.8) is 0 Å². The second-order valence-electron chi connectivity index (χ2n) is 8.25. The van der Waals surface area contributed by atoms with Crippen LogP contribution in [0.15, 0.2) is 47.4 Å². The summed E-state index contributed by atoms with van der Waals surface area (Å²) in [5.74, 6) is -1.65. The Morgan fingerprint density at radius 1 is 1.11 bits per heavy atom. The first-order valence-electron chi connectivity index (χ1n) is 11.9. The smallest absolute Gasteiger partial charge is 0.341 e. The number of hydrogen-bond donors (Lipinski definition) is 2. The van der Waals surface area contributed by atoms with E-state index in [2.05, 4.69) is 10.2 Å². The molecule has 0 unspecified atom stereocenters. The van der Waals surface area contributed by atoms with E-state index in [1.807, 2.05) is 12.1 Å². The first kappa shape index (κ1) is 27.0. The summed E-state index contributed by atoms with van der Waals surface area (Å²) in [5.41, 5.74) is 1.99. The van der Waals surface area contributed by atoms with Gasteiger partial charge in [0.2, 0.25) is 5.91 Å². The van der Waals surface area contributed by atoms with Gasteiger partial charge in [-0.2, -0.15) is 0 Å². The van der Waals surface area contributed by atoms with E-state index in [9.17, 15) is 19.2 Å². The van der Waals surface area contributed by atoms with E-state index in [1.165, 1.54) is 12.1 Å². The lowest BCUT2D eigenvalue weighted by Gasteiger charge is -2.30. The van der Waals surface area contributed by atoms with Crippen molar-refractivity contribution in [1.82, 2.24) is 4.90 Å². The van der Waals surface area contributed by atoms with Crippen molar-refractivity contribution >= 4 is 52.2 Å². The van der Waals surface area contributed by atoms with Crippen molar-refractivity contribution in [1.29, 1.82) is 0 Å². The van der Waals surface area contributed by atoms with Gasteiger partial charge < -0.3 is 29.5 Å². The van der Waals surface area contributed by atoms with Crippen molar-refractivity contribution in [3.8, 4) is 11.5 Å². The maximum absolute atomic E-state index is 13.0. The normalized spacial score (nSPS) is 16.6. The number of morpholine rings is 1. The van der Waals surface area contributed by atoms with E-state index in [-0.39, 0.29) is 10.7 Å². The summed E-state index contributed by atoms with van der Waals surface area (Å²) in [6, 6.07) is 12.1. The SMILES string of the molecule is CCOc1cc(/C=C2/SC(=O)N(CC(=O)Nc3ccccc3N3CCOCC3)C2=O)ccc1OCC(=O)O. The van der Waals surface area contributed by atoms with Crippen molar-refractivity contribution in [2.75, 3.05) is 56.3 Å². The Labute approximate surface area is 223 Å². The van der Waals surface area contributed by atoms with Crippen LogP contribution in [0.4, 0.5) is 16.2 Å². The largest absolute Gasteiger partial charge is 0.490 e. The topological polar surface area (TPSA) is 135 Å². The molecule has 2 fully saturated rings. The molecule has 2 aromatic rings. The Bertz CT molecular complexity index is 1260. The molecule has 12 heteroatoms. The van der Waals surface area contributed by atoms with Crippen LogP contribution in [0.2, 0.25) is 0 Å². The van der Waals surface area contributed by atoms with Crippen LogP contribution in [-0.2, 0) is 19.1 Å². The van der Waals surface area contributed by atoms with Gasteiger partial charge in [0.05, 0.1) is 36.1 Å². The molecular weight excluding hydrogens is 514 g/mol. The van der Waals surface area contributed by atoms with Gasteiger partial charge >= 0.3 is 5.97 Å². The summed E-state index contributed by atoms with van der Waals surface area (Å²) in [4.78, 5) is 52.4. The number of para-hydroxylation sites is 2. The number of anilines is 2. The number of imide groups is 1. The fourth-order valence-electron chi connectivity index (χ4n) is 3.92. The fourth-order valence-corrected chi connectivity index (χ4v) is 4.76. The third kappa shape index (κ3) is 6.64. The van der Waals surface area contributed by atoms with E-state index < -0.39 is 36.2 Å². The molecular formula is C26H27N3O8S. The van der Waals surface area contributed by atoms with Gasteiger partial charge in [-0.25, -0.2) is 4.79 Å². The Balaban J connectivity index is 1.44. The molecule has 11 nitrogen and oxygen atoms in total. The summed E-state index contributed by atoms with van der Waals surface area (Å²) in [5, 5.41) is 11.1. The first-order chi connectivity index (χ1) is 18.4. The lowest BCUT2D eigenvalue weighted by molar-refractivity contribution is -0.139. The maximum atomic E-state index is 13.0. The second kappa shape index (κ2) is 12.5. The molecule has 3 amide bonds. The zero-order valence-corrected chi connectivity index (χ0v) is 21.5. The Morgan fingerprint density at radius 2 is 1.87 bits per heavy atom. The molecule has 2 aliphatic rings. The summed E-state index contributed by atoms with van der Waals surface area (Å²) in [6.07, 6.45) is 1.51. The first-order valence-corrected chi connectivity index (χ1v) is 12.8. The van der Waals surface area contributed by atoms with E-state index in [0.717, 1.165) is 22.3 Å². The van der Waals surface area contributed by atoms with Gasteiger partial charge in [-0.15, -0.1) is 0 Å². The molecule has 0 bridgehead atoms. The Morgan fingerprint density at radius 3 is 2.61 bits per heavy atom. The lowest BCUT2D eigenvalue weighted by Crippen LogP contribution is -2.38. The molecule has 200 valence electrons. The number of amides is 3. The second-order valence-corrected chi connectivity index (χ2v) is 9.25. The monoisotopic (exact) mass is 541 g/mol. The highest BCUT2D eigenvalue weighted by atomic mass is 32.2. The summed E-state index contributed by atoms with van der Waals surface area (Å²) < 4.78 is 16.2. The van der Waals surface area contributed by atoms with Crippen LogP contribution in [0, 0.1) is 0 Å². The Kier molecular flexibility index (Phi) is 8.87. The molecule has 0 atom stereocenters. The summed E-state index contributed by atoms with van der Waals surface area (Å²) >= 11 is 0.735. The van der Waals surface area contributed by atoms with Gasteiger partial charge in [0.25, 0.3) is 11.1 Å². The van der Waals surface area contributed by atoms with Crippen LogP contribution in [-0.4, -0.2) is 79.1 Å². The number of hydrogen-bond acceptors (Lipinski definition) is 9. The number of carboxylic acid groups (broad SMARTS) is 1. The predicted molar refractivity (Wildman–Crippen MR) is 142 cm³/mol. The molecule has 2 aliphatic heterocycles. The highest BCUT2D eigenvalue weighted by molar-refractivity contribution is 8.18. The molecule has 38 heavy (non-hydrogen) atoms. The minimum atomic E-state index is -1.13. The van der Waals surface area contributed by atoms with Crippen LogP contribution < -0.4 is 19.7 Å². The molecule has 0 aliphatic carbocycles. The van der Waals surface area contributed by atoms with Crippen LogP contribution in [0.25, 0.3) is 6.08 Å². The zero-order valence-electron chi connectivity index (χ0n) is 20.7. The van der Waals surface area contributed by atoms with Gasteiger partial charge in [-0.05, 0) is 54.6 Å². The average molecular weight is 542 g/mol. The molecule has 2 heterocycles. The van der Waals surface area contributed by atoms with E-state index in [4.69, 9.17) is 19.3 Å². The van der Waals surface area contributed by atoms with Crippen molar-refractivity contribution in [2.45, 2.75) is 6.92 Å². The molecule has 0 saturated carbocycles. The maximum Gasteiger partial charge on any atom is 0.341 e. The number of carbonyl (C=O) groups excluding carboxylic acids is 3. The zero-order chi connectivity index (χ0) is 27.1. The number of nitrogens with one attached hydrogen (secondary N) is 1. The van der Waals surface area contributed by atoms with E-state index >= 15 is 0 Å². The van der Waals surface area contributed by atoms with Gasteiger partial charge in [0.1, 0.15) is 6.54 Å². The molecule has 2 aromatic carbocycles. The summed E-state index contributed by atoms with van der Waals surface area (Å²) in [6.45, 7) is 3.70. The number of nitrogens with zero attached hydrogens (tertiary/aromatic N) is 2. The fraction of sp³-hybridized carbons (Fsp3) is 0.308. The number of ether oxygens (including phenoxy) is 3. The number of thioether (sulfide) groups is 1. The van der Waals surface area contributed by atoms with Crippen molar-refractivity contribution in [3.05, 3.63) is 52.9 Å². The van der Waals surface area contributed by atoms with Gasteiger partial charge in [0, 0.05) is 13.1 Å². The molecule has 2 saturated heterocycles. The quantitative estimate of drug-likeness (QED) is 0.432. The highest BCUT2D eigenvalue weighted by Crippen LogP contribution is 2.35. The number of carbonyl (C=O) groups is 4. The molecule has 4 rings (SSSR count). The third-order valence-electron chi connectivity index (χ3n) is 5.62.